The van der Waals surface area contributed by atoms with E-state index in [2.05, 4.69) is 4.98 Å². The van der Waals surface area contributed by atoms with Gasteiger partial charge in [-0.1, -0.05) is 6.42 Å². The molecule has 0 aliphatic heterocycles. The number of hydrogen-bond acceptors (Lipinski definition) is 3. The van der Waals surface area contributed by atoms with Gasteiger partial charge in [0, 0.05) is 30.9 Å². The molecule has 1 saturated carbocycles. The van der Waals surface area contributed by atoms with Gasteiger partial charge in [-0.25, -0.2) is 0 Å². The van der Waals surface area contributed by atoms with Crippen molar-refractivity contribution in [3.63, 3.8) is 0 Å². The molecule has 1 aromatic heterocycles. The lowest BCUT2D eigenvalue weighted by Crippen LogP contribution is -2.06. The van der Waals surface area contributed by atoms with E-state index in [0.29, 0.717) is 12.2 Å². The fourth-order valence-electron chi connectivity index (χ4n) is 2.22. The van der Waals surface area contributed by atoms with Crippen molar-refractivity contribution in [2.24, 2.45) is 0 Å². The molecule has 3 heteroatoms. The summed E-state index contributed by atoms with van der Waals surface area (Å²) in [6.45, 7) is 0. The monoisotopic (exact) mass is 204 g/mol. The van der Waals surface area contributed by atoms with Gasteiger partial charge in [-0.15, -0.1) is 0 Å². The zero-order chi connectivity index (χ0) is 10.7. The van der Waals surface area contributed by atoms with E-state index in [0.717, 1.165) is 36.9 Å². The highest BCUT2D eigenvalue weighted by Crippen LogP contribution is 2.32. The van der Waals surface area contributed by atoms with Crippen LogP contribution in [0.15, 0.2) is 18.5 Å². The van der Waals surface area contributed by atoms with Crippen LogP contribution in [0.5, 0.6) is 0 Å². The third kappa shape index (κ3) is 2.35. The van der Waals surface area contributed by atoms with Crippen LogP contribution in [0, 0.1) is 0 Å². The van der Waals surface area contributed by atoms with Crippen LogP contribution in [0.25, 0.3) is 0 Å². The average molecular weight is 204 g/mol. The Bertz CT molecular complexity index is 362. The number of ketones is 1. The van der Waals surface area contributed by atoms with E-state index in [4.69, 9.17) is 5.73 Å². The molecule has 1 fully saturated rings. The first-order valence-corrected chi connectivity index (χ1v) is 5.48. The summed E-state index contributed by atoms with van der Waals surface area (Å²) in [6, 6.07) is 1.81. The van der Waals surface area contributed by atoms with Crippen molar-refractivity contribution in [3.05, 3.63) is 24.0 Å². The van der Waals surface area contributed by atoms with Gasteiger partial charge in [0.05, 0.1) is 0 Å². The molecular weight excluding hydrogens is 188 g/mol. The Kier molecular flexibility index (Phi) is 2.99. The topological polar surface area (TPSA) is 56.0 Å². The molecule has 1 aliphatic carbocycles. The molecule has 1 heterocycles. The maximum absolute atomic E-state index is 11.5. The quantitative estimate of drug-likeness (QED) is 0.714. The molecule has 1 unspecified atom stereocenters. The lowest BCUT2D eigenvalue weighted by Gasteiger charge is -2.15. The summed E-state index contributed by atoms with van der Waals surface area (Å²) < 4.78 is 0. The summed E-state index contributed by atoms with van der Waals surface area (Å²) in [5.74, 6) is 0.648. The predicted molar refractivity (Wildman–Crippen MR) is 59.5 cm³/mol. The van der Waals surface area contributed by atoms with Crippen LogP contribution in [0.3, 0.4) is 0 Å². The lowest BCUT2D eigenvalue weighted by molar-refractivity contribution is -0.119. The van der Waals surface area contributed by atoms with Crippen LogP contribution in [-0.4, -0.2) is 10.8 Å². The first-order chi connectivity index (χ1) is 7.27. The number of hydrogen-bond donors (Lipinski definition) is 1. The fourth-order valence-corrected chi connectivity index (χ4v) is 2.22. The molecular formula is C12H16N2O. The Hall–Kier alpha value is -1.38. The van der Waals surface area contributed by atoms with Crippen LogP contribution in [0.4, 0.5) is 5.69 Å². The number of nitrogen functional groups attached to an aromatic ring is 1. The number of nitrogens with zero attached hydrogens (tertiary/aromatic N) is 1. The van der Waals surface area contributed by atoms with Gasteiger partial charge >= 0.3 is 0 Å². The van der Waals surface area contributed by atoms with Crippen LogP contribution < -0.4 is 5.73 Å². The van der Waals surface area contributed by atoms with Gasteiger partial charge in [0.1, 0.15) is 5.78 Å². The Labute approximate surface area is 89.7 Å². The van der Waals surface area contributed by atoms with E-state index in [-0.39, 0.29) is 5.92 Å². The van der Waals surface area contributed by atoms with Gasteiger partial charge in [-0.2, -0.15) is 0 Å². The summed E-state index contributed by atoms with van der Waals surface area (Å²) in [4.78, 5) is 15.6. The molecule has 0 saturated heterocycles. The van der Waals surface area contributed by atoms with Crippen LogP contribution in [0.2, 0.25) is 0 Å². The number of Topliss-reactive ketones (excluding diaryl/α,β-unsaturated/α-hetero) is 1. The Balaban J connectivity index is 2.22. The SMILES string of the molecule is Nc1ccncc1C1CCCCC(=O)C1. The molecule has 0 amide bonds. The Morgan fingerprint density at radius 1 is 1.40 bits per heavy atom. The predicted octanol–water partition coefficient (Wildman–Crippen LogP) is 2.28. The largest absolute Gasteiger partial charge is 0.398 e. The summed E-state index contributed by atoms with van der Waals surface area (Å²) >= 11 is 0. The molecule has 2 N–H and O–H groups in total. The van der Waals surface area contributed by atoms with Crippen molar-refractivity contribution in [1.29, 1.82) is 0 Å². The summed E-state index contributed by atoms with van der Waals surface area (Å²) in [7, 11) is 0. The van der Waals surface area contributed by atoms with Gasteiger partial charge in [-0.3, -0.25) is 9.78 Å². The van der Waals surface area contributed by atoms with Crippen molar-refractivity contribution in [1.82, 2.24) is 4.98 Å². The molecule has 0 spiro atoms. The summed E-state index contributed by atoms with van der Waals surface area (Å²) in [6.07, 6.45) is 8.06. The minimum atomic E-state index is 0.286. The minimum absolute atomic E-state index is 0.286. The Morgan fingerprint density at radius 2 is 2.27 bits per heavy atom. The smallest absolute Gasteiger partial charge is 0.133 e. The van der Waals surface area contributed by atoms with E-state index in [9.17, 15) is 4.79 Å². The second kappa shape index (κ2) is 4.43. The number of aromatic nitrogens is 1. The molecule has 1 atom stereocenters. The van der Waals surface area contributed by atoms with Crippen LogP contribution in [-0.2, 0) is 4.79 Å². The normalized spacial score (nSPS) is 22.4. The highest BCUT2D eigenvalue weighted by atomic mass is 16.1. The summed E-state index contributed by atoms with van der Waals surface area (Å²) in [5, 5.41) is 0. The number of carbonyl (C=O) groups is 1. The van der Waals surface area contributed by atoms with E-state index in [1.165, 1.54) is 0 Å². The first kappa shape index (κ1) is 10.1. The lowest BCUT2D eigenvalue weighted by atomic mass is 9.92. The Morgan fingerprint density at radius 3 is 3.07 bits per heavy atom. The number of rotatable bonds is 1. The van der Waals surface area contributed by atoms with Gasteiger partial charge in [0.15, 0.2) is 0 Å². The molecule has 0 aromatic carbocycles. The number of anilines is 1. The van der Waals surface area contributed by atoms with Crippen molar-refractivity contribution in [3.8, 4) is 0 Å². The fraction of sp³-hybridized carbons (Fsp3) is 0.500. The maximum atomic E-state index is 11.5. The van der Waals surface area contributed by atoms with E-state index >= 15 is 0 Å². The summed E-state index contributed by atoms with van der Waals surface area (Å²) in [5.41, 5.74) is 7.71. The third-order valence-corrected chi connectivity index (χ3v) is 3.06. The van der Waals surface area contributed by atoms with Crippen molar-refractivity contribution in [2.75, 3.05) is 5.73 Å². The van der Waals surface area contributed by atoms with Crippen molar-refractivity contribution < 1.29 is 4.79 Å². The van der Waals surface area contributed by atoms with Crippen molar-refractivity contribution >= 4 is 11.5 Å². The molecule has 15 heavy (non-hydrogen) atoms. The molecule has 2 rings (SSSR count). The second-order valence-electron chi connectivity index (χ2n) is 4.19. The number of carbonyl (C=O) groups excluding carboxylic acids is 1. The van der Waals surface area contributed by atoms with E-state index < -0.39 is 0 Å². The third-order valence-electron chi connectivity index (χ3n) is 3.06. The van der Waals surface area contributed by atoms with Crippen LogP contribution >= 0.6 is 0 Å². The molecule has 1 aliphatic rings. The second-order valence-corrected chi connectivity index (χ2v) is 4.19. The van der Waals surface area contributed by atoms with Gasteiger partial charge < -0.3 is 5.73 Å². The number of pyridine rings is 1. The van der Waals surface area contributed by atoms with Crippen LogP contribution in [0.1, 0.15) is 43.6 Å². The standard InChI is InChI=1S/C12H16N2O/c13-12-5-6-14-8-11(12)9-3-1-2-4-10(15)7-9/h5-6,8-9H,1-4,7H2,(H2,13,14). The zero-order valence-electron chi connectivity index (χ0n) is 8.78. The van der Waals surface area contributed by atoms with E-state index in [1.807, 2.05) is 6.07 Å². The maximum Gasteiger partial charge on any atom is 0.133 e. The zero-order valence-corrected chi connectivity index (χ0v) is 8.78. The highest BCUT2D eigenvalue weighted by molar-refractivity contribution is 5.79. The van der Waals surface area contributed by atoms with Crippen molar-refractivity contribution in [2.45, 2.75) is 38.0 Å². The highest BCUT2D eigenvalue weighted by Gasteiger charge is 2.20. The van der Waals surface area contributed by atoms with E-state index in [1.54, 1.807) is 12.4 Å². The molecule has 1 aromatic rings. The molecule has 0 radical (unpaired) electrons. The number of nitrogens with two attached hydrogens (primary N) is 1. The minimum Gasteiger partial charge on any atom is -0.398 e. The molecule has 80 valence electrons. The average Bonchev–Trinajstić information content (AvgIpc) is 2.43. The van der Waals surface area contributed by atoms with Gasteiger partial charge in [0.25, 0.3) is 0 Å². The molecule has 0 bridgehead atoms. The first-order valence-electron chi connectivity index (χ1n) is 5.48. The van der Waals surface area contributed by atoms with Gasteiger partial charge in [-0.05, 0) is 30.4 Å². The van der Waals surface area contributed by atoms with Gasteiger partial charge in [0.2, 0.25) is 0 Å². The molecule has 3 nitrogen and oxygen atoms in total.